The van der Waals surface area contributed by atoms with Gasteiger partial charge in [0.25, 0.3) is 5.91 Å². The van der Waals surface area contributed by atoms with Crippen LogP contribution in [0, 0.1) is 0 Å². The van der Waals surface area contributed by atoms with Crippen LogP contribution in [0.5, 0.6) is 5.75 Å². The quantitative estimate of drug-likeness (QED) is 0.453. The number of halogens is 1. The third-order valence-corrected chi connectivity index (χ3v) is 6.31. The molecule has 1 N–H and O–H groups in total. The second-order valence-corrected chi connectivity index (χ2v) is 8.75. The van der Waals surface area contributed by atoms with E-state index in [-0.39, 0.29) is 18.2 Å². The van der Waals surface area contributed by atoms with Crippen LogP contribution in [0.2, 0.25) is 5.02 Å². The van der Waals surface area contributed by atoms with Gasteiger partial charge >= 0.3 is 0 Å². The van der Waals surface area contributed by atoms with Crippen LogP contribution in [0.25, 0.3) is 0 Å². The number of ether oxygens (including phenoxy) is 1. The van der Waals surface area contributed by atoms with E-state index in [2.05, 4.69) is 5.32 Å². The lowest BCUT2D eigenvalue weighted by Gasteiger charge is -2.24. The largest absolute Gasteiger partial charge is 0.497 e. The van der Waals surface area contributed by atoms with Gasteiger partial charge in [-0.3, -0.25) is 14.5 Å². The van der Waals surface area contributed by atoms with Crippen LogP contribution in [0.4, 0.5) is 5.69 Å². The Labute approximate surface area is 209 Å². The molecule has 0 aliphatic carbocycles. The Kier molecular flexibility index (Phi) is 7.45. The van der Waals surface area contributed by atoms with Crippen molar-refractivity contribution >= 4 is 46.4 Å². The molecule has 0 bridgehead atoms. The maximum atomic E-state index is 13.4. The number of carbonyl (C=O) groups is 2. The molecular weight excluding hydrogens is 470 g/mol. The third-order valence-electron chi connectivity index (χ3n) is 5.61. The highest BCUT2D eigenvalue weighted by molar-refractivity contribution is 7.80. The lowest BCUT2D eigenvalue weighted by atomic mass is 10.1. The van der Waals surface area contributed by atoms with Crippen LogP contribution >= 0.6 is 23.8 Å². The number of thiocarbonyl (C=S) groups is 1. The van der Waals surface area contributed by atoms with Gasteiger partial charge in [0.1, 0.15) is 11.8 Å². The summed E-state index contributed by atoms with van der Waals surface area (Å²) >= 11 is 11.6. The zero-order valence-corrected chi connectivity index (χ0v) is 20.2. The van der Waals surface area contributed by atoms with E-state index in [9.17, 15) is 9.59 Å². The van der Waals surface area contributed by atoms with Gasteiger partial charge in [0, 0.05) is 17.3 Å². The predicted molar refractivity (Wildman–Crippen MR) is 137 cm³/mol. The van der Waals surface area contributed by atoms with Crippen molar-refractivity contribution in [1.29, 1.82) is 0 Å². The zero-order valence-electron chi connectivity index (χ0n) is 18.6. The first kappa shape index (κ1) is 23.7. The Bertz CT molecular complexity index is 1170. The number of methoxy groups -OCH3 is 1. The van der Waals surface area contributed by atoms with Crippen molar-refractivity contribution < 1.29 is 14.3 Å². The number of amides is 2. The Balaban J connectivity index is 1.55. The van der Waals surface area contributed by atoms with Crippen LogP contribution in [0.15, 0.2) is 78.9 Å². The minimum absolute atomic E-state index is 0.0248. The van der Waals surface area contributed by atoms with E-state index >= 15 is 0 Å². The summed E-state index contributed by atoms with van der Waals surface area (Å²) in [5.74, 6) is 0.284. The van der Waals surface area contributed by atoms with E-state index in [0.29, 0.717) is 28.9 Å². The van der Waals surface area contributed by atoms with E-state index in [1.54, 1.807) is 36.3 Å². The first-order valence-corrected chi connectivity index (χ1v) is 11.6. The number of nitrogens with zero attached hydrogens (tertiary/aromatic N) is 2. The number of benzene rings is 3. The molecule has 1 unspecified atom stereocenters. The summed E-state index contributed by atoms with van der Waals surface area (Å²) in [4.78, 5) is 29.7. The van der Waals surface area contributed by atoms with E-state index < -0.39 is 6.04 Å². The number of hydrogen-bond donors (Lipinski definition) is 1. The molecule has 2 amide bonds. The fraction of sp³-hybridized carbons (Fsp3) is 0.192. The SMILES string of the molecule is COc1ccc(CN2C(=S)N(Cc3ccccc3)C(=O)C2CC(=O)Nc2ccc(Cl)cc2)cc1. The molecule has 8 heteroatoms. The molecule has 3 aromatic rings. The highest BCUT2D eigenvalue weighted by Crippen LogP contribution is 2.26. The summed E-state index contributed by atoms with van der Waals surface area (Å²) in [7, 11) is 1.61. The molecule has 4 rings (SSSR count). The van der Waals surface area contributed by atoms with Crippen molar-refractivity contribution in [3.05, 3.63) is 95.0 Å². The maximum Gasteiger partial charge on any atom is 0.252 e. The Morgan fingerprint density at radius 2 is 1.62 bits per heavy atom. The molecule has 1 aliphatic heterocycles. The molecule has 1 aliphatic rings. The summed E-state index contributed by atoms with van der Waals surface area (Å²) in [6.45, 7) is 0.756. The van der Waals surface area contributed by atoms with Gasteiger partial charge < -0.3 is 15.0 Å². The van der Waals surface area contributed by atoms with Gasteiger partial charge in [-0.25, -0.2) is 0 Å². The molecule has 0 spiro atoms. The molecule has 6 nitrogen and oxygen atoms in total. The van der Waals surface area contributed by atoms with Gasteiger partial charge in [-0.05, 0) is 59.7 Å². The van der Waals surface area contributed by atoms with Crippen molar-refractivity contribution in [2.45, 2.75) is 25.6 Å². The predicted octanol–water partition coefficient (Wildman–Crippen LogP) is 4.88. The molecule has 0 saturated carbocycles. The average Bonchev–Trinajstić information content (AvgIpc) is 3.06. The van der Waals surface area contributed by atoms with Crippen LogP contribution in [-0.2, 0) is 22.7 Å². The van der Waals surface area contributed by atoms with Crippen molar-refractivity contribution in [3.8, 4) is 5.75 Å². The van der Waals surface area contributed by atoms with Gasteiger partial charge in [0.2, 0.25) is 5.91 Å². The minimum Gasteiger partial charge on any atom is -0.497 e. The zero-order chi connectivity index (χ0) is 24.1. The van der Waals surface area contributed by atoms with Crippen LogP contribution < -0.4 is 10.1 Å². The Hall–Kier alpha value is -3.42. The van der Waals surface area contributed by atoms with Gasteiger partial charge in [0.15, 0.2) is 5.11 Å². The summed E-state index contributed by atoms with van der Waals surface area (Å²) in [5.41, 5.74) is 2.54. The molecule has 1 heterocycles. The number of nitrogens with one attached hydrogen (secondary N) is 1. The van der Waals surface area contributed by atoms with E-state index in [1.165, 1.54) is 0 Å². The van der Waals surface area contributed by atoms with Crippen molar-refractivity contribution in [2.75, 3.05) is 12.4 Å². The van der Waals surface area contributed by atoms with Crippen molar-refractivity contribution in [2.24, 2.45) is 0 Å². The Morgan fingerprint density at radius 1 is 0.971 bits per heavy atom. The molecule has 3 aromatic carbocycles. The lowest BCUT2D eigenvalue weighted by molar-refractivity contribution is -0.131. The van der Waals surface area contributed by atoms with Gasteiger partial charge in [-0.15, -0.1) is 0 Å². The lowest BCUT2D eigenvalue weighted by Crippen LogP contribution is -2.37. The second kappa shape index (κ2) is 10.7. The fourth-order valence-corrected chi connectivity index (χ4v) is 4.30. The number of carbonyl (C=O) groups excluding carboxylic acids is 2. The van der Waals surface area contributed by atoms with E-state index in [4.69, 9.17) is 28.6 Å². The summed E-state index contributed by atoms with van der Waals surface area (Å²) in [5, 5.41) is 3.83. The Morgan fingerprint density at radius 3 is 2.26 bits per heavy atom. The van der Waals surface area contributed by atoms with Gasteiger partial charge in [-0.1, -0.05) is 54.1 Å². The van der Waals surface area contributed by atoms with Gasteiger partial charge in [0.05, 0.1) is 20.1 Å². The smallest absolute Gasteiger partial charge is 0.252 e. The van der Waals surface area contributed by atoms with Crippen LogP contribution in [0.3, 0.4) is 0 Å². The molecule has 0 aromatic heterocycles. The standard InChI is InChI=1S/C26H24ClN3O3S/c1-33-22-13-7-19(8-14-22)16-29-23(15-24(31)28-21-11-9-20(27)10-12-21)25(32)30(26(29)34)17-18-5-3-2-4-6-18/h2-14,23H,15-17H2,1H3,(H,28,31). The van der Waals surface area contributed by atoms with Crippen molar-refractivity contribution in [1.82, 2.24) is 9.80 Å². The summed E-state index contributed by atoms with van der Waals surface area (Å²) in [6.07, 6.45) is -0.0248. The fourth-order valence-electron chi connectivity index (χ4n) is 3.83. The molecule has 174 valence electrons. The van der Waals surface area contributed by atoms with Crippen LogP contribution in [0.1, 0.15) is 17.5 Å². The van der Waals surface area contributed by atoms with E-state index in [1.807, 2.05) is 59.5 Å². The normalized spacial score (nSPS) is 15.5. The maximum absolute atomic E-state index is 13.4. The van der Waals surface area contributed by atoms with Gasteiger partial charge in [-0.2, -0.15) is 0 Å². The topological polar surface area (TPSA) is 61.9 Å². The third kappa shape index (κ3) is 5.55. The first-order valence-electron chi connectivity index (χ1n) is 10.8. The molecule has 1 atom stereocenters. The molecular formula is C26H24ClN3O3S. The number of anilines is 1. The molecule has 1 saturated heterocycles. The second-order valence-electron chi connectivity index (χ2n) is 7.94. The molecule has 0 radical (unpaired) electrons. The first-order chi connectivity index (χ1) is 16.4. The van der Waals surface area contributed by atoms with Crippen LogP contribution in [-0.4, -0.2) is 39.9 Å². The highest BCUT2D eigenvalue weighted by Gasteiger charge is 2.43. The monoisotopic (exact) mass is 493 g/mol. The van der Waals surface area contributed by atoms with E-state index in [0.717, 1.165) is 16.9 Å². The number of hydrogen-bond acceptors (Lipinski definition) is 4. The highest BCUT2D eigenvalue weighted by atomic mass is 35.5. The molecule has 34 heavy (non-hydrogen) atoms. The summed E-state index contributed by atoms with van der Waals surface area (Å²) < 4.78 is 5.24. The average molecular weight is 494 g/mol. The summed E-state index contributed by atoms with van der Waals surface area (Å²) in [6, 6.07) is 23.4. The number of rotatable bonds is 8. The minimum atomic E-state index is -0.703. The van der Waals surface area contributed by atoms with Crippen molar-refractivity contribution in [3.63, 3.8) is 0 Å². The molecule has 1 fully saturated rings.